The summed E-state index contributed by atoms with van der Waals surface area (Å²) in [6.07, 6.45) is 2.84. The lowest BCUT2D eigenvalue weighted by molar-refractivity contribution is -0.153. The van der Waals surface area contributed by atoms with Gasteiger partial charge in [-0.2, -0.15) is 0 Å². The summed E-state index contributed by atoms with van der Waals surface area (Å²) in [7, 11) is 0. The molecule has 1 saturated carbocycles. The second-order valence-electron chi connectivity index (χ2n) is 5.52. The number of hydrogen-bond acceptors (Lipinski definition) is 5. The van der Waals surface area contributed by atoms with E-state index in [1.165, 1.54) is 6.92 Å². The molecule has 1 aliphatic carbocycles. The first-order valence-electron chi connectivity index (χ1n) is 7.37. The highest BCUT2D eigenvalue weighted by atomic mass is 16.5. The van der Waals surface area contributed by atoms with Crippen LogP contribution in [0.3, 0.4) is 0 Å². The Balaban J connectivity index is 2.69. The van der Waals surface area contributed by atoms with Gasteiger partial charge in [0.25, 0.3) is 0 Å². The minimum absolute atomic E-state index is 0.271. The molecule has 0 spiro atoms. The van der Waals surface area contributed by atoms with E-state index in [2.05, 4.69) is 10.6 Å². The molecule has 0 bridgehead atoms. The average molecular weight is 299 g/mol. The lowest BCUT2D eigenvalue weighted by atomic mass is 9.97. The normalized spacial score (nSPS) is 19.4. The Hall–Kier alpha value is -1.63. The molecular formula is C14H25N3O4. The minimum atomic E-state index is -0.958. The van der Waals surface area contributed by atoms with Crippen LogP contribution in [-0.2, 0) is 19.1 Å². The van der Waals surface area contributed by atoms with Crippen molar-refractivity contribution in [3.05, 3.63) is 0 Å². The van der Waals surface area contributed by atoms with Gasteiger partial charge in [-0.1, -0.05) is 12.8 Å². The summed E-state index contributed by atoms with van der Waals surface area (Å²) in [5.74, 6) is -1.21. The van der Waals surface area contributed by atoms with Gasteiger partial charge in [0.1, 0.15) is 11.6 Å². The van der Waals surface area contributed by atoms with Crippen LogP contribution in [0.2, 0.25) is 0 Å². The van der Waals surface area contributed by atoms with E-state index < -0.39 is 35.4 Å². The maximum atomic E-state index is 12.2. The Morgan fingerprint density at radius 1 is 1.19 bits per heavy atom. The predicted octanol–water partition coefficient (Wildman–Crippen LogP) is -0.170. The molecule has 0 radical (unpaired) electrons. The molecule has 21 heavy (non-hydrogen) atoms. The van der Waals surface area contributed by atoms with Gasteiger partial charge >= 0.3 is 5.97 Å². The van der Waals surface area contributed by atoms with Crippen molar-refractivity contribution in [1.82, 2.24) is 10.6 Å². The smallest absolute Gasteiger partial charge is 0.331 e. The summed E-state index contributed by atoms with van der Waals surface area (Å²) < 4.78 is 5.07. The summed E-state index contributed by atoms with van der Waals surface area (Å²) in [6.45, 7) is 5.10. The van der Waals surface area contributed by atoms with Gasteiger partial charge in [0.05, 0.1) is 12.6 Å². The predicted molar refractivity (Wildman–Crippen MR) is 77.2 cm³/mol. The van der Waals surface area contributed by atoms with Crippen LogP contribution in [0.25, 0.3) is 0 Å². The van der Waals surface area contributed by atoms with Crippen LogP contribution < -0.4 is 16.4 Å². The zero-order valence-corrected chi connectivity index (χ0v) is 12.9. The van der Waals surface area contributed by atoms with Crippen molar-refractivity contribution < 1.29 is 19.1 Å². The largest absolute Gasteiger partial charge is 0.464 e. The third-order valence-electron chi connectivity index (χ3n) is 3.65. The molecular weight excluding hydrogens is 274 g/mol. The summed E-state index contributed by atoms with van der Waals surface area (Å²) in [6, 6.07) is -1.44. The molecule has 0 aromatic carbocycles. The Bertz CT molecular complexity index is 403. The van der Waals surface area contributed by atoms with Crippen molar-refractivity contribution in [2.45, 2.75) is 64.1 Å². The van der Waals surface area contributed by atoms with Crippen molar-refractivity contribution in [1.29, 1.82) is 0 Å². The molecule has 1 fully saturated rings. The van der Waals surface area contributed by atoms with Gasteiger partial charge in [-0.25, -0.2) is 4.79 Å². The molecule has 0 saturated heterocycles. The number of rotatable bonds is 6. The van der Waals surface area contributed by atoms with E-state index in [4.69, 9.17) is 10.5 Å². The molecule has 4 N–H and O–H groups in total. The fourth-order valence-corrected chi connectivity index (χ4v) is 2.38. The Morgan fingerprint density at radius 3 is 2.24 bits per heavy atom. The van der Waals surface area contributed by atoms with Gasteiger partial charge in [-0.05, 0) is 33.6 Å². The minimum Gasteiger partial charge on any atom is -0.464 e. The van der Waals surface area contributed by atoms with Crippen LogP contribution in [0.1, 0.15) is 46.5 Å². The number of hydrogen-bond donors (Lipinski definition) is 3. The maximum absolute atomic E-state index is 12.2. The van der Waals surface area contributed by atoms with Crippen molar-refractivity contribution in [3.63, 3.8) is 0 Å². The van der Waals surface area contributed by atoms with Gasteiger partial charge in [-0.3, -0.25) is 9.59 Å². The van der Waals surface area contributed by atoms with Gasteiger partial charge in [0.15, 0.2) is 0 Å². The molecule has 0 aliphatic heterocycles. The van der Waals surface area contributed by atoms with E-state index in [1.54, 1.807) is 13.8 Å². The summed E-state index contributed by atoms with van der Waals surface area (Å²) in [5, 5.41) is 5.27. The molecule has 0 aromatic heterocycles. The number of nitrogens with one attached hydrogen (secondary N) is 2. The average Bonchev–Trinajstić information content (AvgIpc) is 2.88. The third-order valence-corrected chi connectivity index (χ3v) is 3.65. The van der Waals surface area contributed by atoms with E-state index in [-0.39, 0.29) is 6.61 Å². The fraction of sp³-hybridized carbons (Fsp3) is 0.786. The highest BCUT2D eigenvalue weighted by Gasteiger charge is 2.44. The Morgan fingerprint density at radius 2 is 1.76 bits per heavy atom. The van der Waals surface area contributed by atoms with Crippen LogP contribution in [0.4, 0.5) is 0 Å². The first-order chi connectivity index (χ1) is 9.82. The fourth-order valence-electron chi connectivity index (χ4n) is 2.38. The van der Waals surface area contributed by atoms with Gasteiger partial charge < -0.3 is 21.1 Å². The lowest BCUT2D eigenvalue weighted by Gasteiger charge is -2.29. The van der Waals surface area contributed by atoms with Crippen molar-refractivity contribution in [2.75, 3.05) is 6.61 Å². The maximum Gasteiger partial charge on any atom is 0.331 e. The van der Waals surface area contributed by atoms with Crippen LogP contribution in [0, 0.1) is 0 Å². The SMILES string of the molecule is CCOC(=O)C1(NC(=O)C(C)NC(=O)C(C)N)CCCC1. The number of carbonyl (C=O) groups is 3. The molecule has 1 aliphatic rings. The highest BCUT2D eigenvalue weighted by Crippen LogP contribution is 2.31. The Kier molecular flexibility index (Phi) is 6.14. The van der Waals surface area contributed by atoms with Gasteiger partial charge in [0.2, 0.25) is 11.8 Å². The van der Waals surface area contributed by atoms with Gasteiger partial charge in [0, 0.05) is 0 Å². The molecule has 2 amide bonds. The van der Waals surface area contributed by atoms with Crippen molar-refractivity contribution >= 4 is 17.8 Å². The molecule has 2 unspecified atom stereocenters. The molecule has 120 valence electrons. The van der Waals surface area contributed by atoms with Crippen molar-refractivity contribution in [3.8, 4) is 0 Å². The molecule has 7 heteroatoms. The zero-order valence-electron chi connectivity index (χ0n) is 12.9. The van der Waals surface area contributed by atoms with Crippen LogP contribution in [0.15, 0.2) is 0 Å². The van der Waals surface area contributed by atoms with E-state index in [0.29, 0.717) is 12.8 Å². The zero-order chi connectivity index (χ0) is 16.0. The molecule has 2 atom stereocenters. The topological polar surface area (TPSA) is 111 Å². The molecule has 0 aromatic rings. The summed E-state index contributed by atoms with van der Waals surface area (Å²) in [5.41, 5.74) is 4.49. The van der Waals surface area contributed by atoms with Crippen LogP contribution in [0.5, 0.6) is 0 Å². The number of esters is 1. The van der Waals surface area contributed by atoms with Crippen LogP contribution in [-0.4, -0.2) is 42.0 Å². The highest BCUT2D eigenvalue weighted by molar-refractivity contribution is 5.93. The first-order valence-corrected chi connectivity index (χ1v) is 7.37. The van der Waals surface area contributed by atoms with E-state index >= 15 is 0 Å². The quantitative estimate of drug-likeness (QED) is 0.590. The number of nitrogens with two attached hydrogens (primary N) is 1. The molecule has 7 nitrogen and oxygen atoms in total. The first kappa shape index (κ1) is 17.4. The van der Waals surface area contributed by atoms with E-state index in [1.807, 2.05) is 0 Å². The summed E-state index contributed by atoms with van der Waals surface area (Å²) >= 11 is 0. The third kappa shape index (κ3) is 4.42. The van der Waals surface area contributed by atoms with Crippen molar-refractivity contribution in [2.24, 2.45) is 5.73 Å². The Labute approximate surface area is 125 Å². The van der Waals surface area contributed by atoms with E-state index in [9.17, 15) is 14.4 Å². The van der Waals surface area contributed by atoms with E-state index in [0.717, 1.165) is 12.8 Å². The second kappa shape index (κ2) is 7.40. The van der Waals surface area contributed by atoms with Gasteiger partial charge in [-0.15, -0.1) is 0 Å². The standard InChI is InChI=1S/C14H25N3O4/c1-4-21-13(20)14(7-5-6-8-14)17-12(19)10(3)16-11(18)9(2)15/h9-10H,4-8,15H2,1-3H3,(H,16,18)(H,17,19). The molecule has 1 rings (SSSR count). The molecule has 0 heterocycles. The number of ether oxygens (including phenoxy) is 1. The summed E-state index contributed by atoms with van der Waals surface area (Å²) in [4.78, 5) is 35.8. The van der Waals surface area contributed by atoms with Crippen LogP contribution >= 0.6 is 0 Å². The second-order valence-corrected chi connectivity index (χ2v) is 5.52. The number of carbonyl (C=O) groups excluding carboxylic acids is 3. The monoisotopic (exact) mass is 299 g/mol. The number of amides is 2. The lowest BCUT2D eigenvalue weighted by Crippen LogP contribution is -2.58.